The van der Waals surface area contributed by atoms with Crippen LogP contribution in [-0.4, -0.2) is 51.3 Å². The zero-order valence-electron chi connectivity index (χ0n) is 13.2. The second kappa shape index (κ2) is 6.49. The number of amides is 1. The van der Waals surface area contributed by atoms with Crippen LogP contribution in [0.3, 0.4) is 0 Å². The molecular formula is C16H22N2O4S. The number of carbonyl (C=O) groups is 1. The summed E-state index contributed by atoms with van der Waals surface area (Å²) in [6.45, 7) is 2.20. The van der Waals surface area contributed by atoms with Gasteiger partial charge in [-0.2, -0.15) is 0 Å². The van der Waals surface area contributed by atoms with Crippen molar-refractivity contribution in [2.75, 3.05) is 30.7 Å². The number of benzene rings is 1. The Hall–Kier alpha value is -1.60. The number of carbonyl (C=O) groups excluding carboxylic acids is 1. The molecule has 1 unspecified atom stereocenters. The second-order valence-electron chi connectivity index (χ2n) is 6.37. The van der Waals surface area contributed by atoms with Gasteiger partial charge in [0.15, 0.2) is 0 Å². The van der Waals surface area contributed by atoms with Crippen LogP contribution in [0.15, 0.2) is 24.3 Å². The molecule has 2 aliphatic rings. The van der Waals surface area contributed by atoms with Crippen LogP contribution in [0.25, 0.3) is 0 Å². The SMILES string of the molecule is CS(=O)(=O)Nc1cccc(C(=O)N(CC2CCOC2)C2CC2)c1. The predicted molar refractivity (Wildman–Crippen MR) is 87.9 cm³/mol. The maximum Gasteiger partial charge on any atom is 0.254 e. The molecule has 0 radical (unpaired) electrons. The average Bonchev–Trinajstić information content (AvgIpc) is 3.19. The average molecular weight is 338 g/mol. The Morgan fingerprint density at radius 2 is 2.13 bits per heavy atom. The van der Waals surface area contributed by atoms with Crippen LogP contribution in [0.1, 0.15) is 29.6 Å². The molecule has 0 bridgehead atoms. The van der Waals surface area contributed by atoms with E-state index in [0.29, 0.717) is 36.4 Å². The number of anilines is 1. The molecule has 1 saturated carbocycles. The Morgan fingerprint density at radius 3 is 2.74 bits per heavy atom. The summed E-state index contributed by atoms with van der Waals surface area (Å²) in [5.41, 5.74) is 0.933. The molecule has 6 nitrogen and oxygen atoms in total. The first kappa shape index (κ1) is 16.3. The number of hydrogen-bond donors (Lipinski definition) is 1. The van der Waals surface area contributed by atoms with Crippen LogP contribution >= 0.6 is 0 Å². The van der Waals surface area contributed by atoms with E-state index in [2.05, 4.69) is 4.72 Å². The fraction of sp³-hybridized carbons (Fsp3) is 0.562. The fourth-order valence-corrected chi connectivity index (χ4v) is 3.44. The molecule has 7 heteroatoms. The van der Waals surface area contributed by atoms with Crippen molar-refractivity contribution in [3.05, 3.63) is 29.8 Å². The highest BCUT2D eigenvalue weighted by Crippen LogP contribution is 2.30. The van der Waals surface area contributed by atoms with Gasteiger partial charge in [-0.15, -0.1) is 0 Å². The molecule has 23 heavy (non-hydrogen) atoms. The van der Waals surface area contributed by atoms with Crippen LogP contribution < -0.4 is 4.72 Å². The molecule has 2 fully saturated rings. The summed E-state index contributed by atoms with van der Waals surface area (Å²) in [7, 11) is -3.35. The topological polar surface area (TPSA) is 75.7 Å². The normalized spacial score (nSPS) is 21.2. The van der Waals surface area contributed by atoms with Gasteiger partial charge in [0, 0.05) is 36.4 Å². The van der Waals surface area contributed by atoms with E-state index >= 15 is 0 Å². The lowest BCUT2D eigenvalue weighted by Crippen LogP contribution is -2.37. The van der Waals surface area contributed by atoms with Crippen LogP contribution in [0.5, 0.6) is 0 Å². The van der Waals surface area contributed by atoms with Gasteiger partial charge >= 0.3 is 0 Å². The lowest BCUT2D eigenvalue weighted by atomic mass is 10.1. The molecule has 1 heterocycles. The third-order valence-electron chi connectivity index (χ3n) is 4.14. The smallest absolute Gasteiger partial charge is 0.254 e. The van der Waals surface area contributed by atoms with Crippen molar-refractivity contribution in [2.45, 2.75) is 25.3 Å². The van der Waals surface area contributed by atoms with E-state index in [-0.39, 0.29) is 5.91 Å². The molecule has 1 aliphatic carbocycles. The Morgan fingerprint density at radius 1 is 1.35 bits per heavy atom. The summed E-state index contributed by atoms with van der Waals surface area (Å²) in [6, 6.07) is 6.99. The number of nitrogens with one attached hydrogen (secondary N) is 1. The van der Waals surface area contributed by atoms with Gasteiger partial charge in [-0.1, -0.05) is 6.07 Å². The van der Waals surface area contributed by atoms with E-state index in [1.54, 1.807) is 24.3 Å². The van der Waals surface area contributed by atoms with Gasteiger partial charge < -0.3 is 9.64 Å². The molecule has 1 amide bonds. The van der Waals surface area contributed by atoms with Gasteiger partial charge in [0.1, 0.15) is 0 Å². The highest BCUT2D eigenvalue weighted by atomic mass is 32.2. The molecule has 0 spiro atoms. The first-order valence-corrected chi connectivity index (χ1v) is 9.78. The summed E-state index contributed by atoms with van der Waals surface area (Å²) >= 11 is 0. The standard InChI is InChI=1S/C16H22N2O4S/c1-23(20,21)17-14-4-2-3-13(9-14)16(19)18(15-5-6-15)10-12-7-8-22-11-12/h2-4,9,12,15,17H,5-8,10-11H2,1H3. The Bertz CT molecular complexity index is 679. The zero-order chi connectivity index (χ0) is 16.4. The quantitative estimate of drug-likeness (QED) is 0.856. The summed E-state index contributed by atoms with van der Waals surface area (Å²) in [6.07, 6.45) is 4.17. The van der Waals surface area contributed by atoms with Crippen molar-refractivity contribution in [3.8, 4) is 0 Å². The van der Waals surface area contributed by atoms with Crippen molar-refractivity contribution in [2.24, 2.45) is 5.92 Å². The zero-order valence-corrected chi connectivity index (χ0v) is 14.0. The van der Waals surface area contributed by atoms with Crippen LogP contribution in [-0.2, 0) is 14.8 Å². The molecule has 1 saturated heterocycles. The molecule has 3 rings (SSSR count). The lowest BCUT2D eigenvalue weighted by molar-refractivity contribution is 0.0706. The maximum absolute atomic E-state index is 12.8. The van der Waals surface area contributed by atoms with Crippen LogP contribution in [0.2, 0.25) is 0 Å². The molecule has 1 aliphatic heterocycles. The number of ether oxygens (including phenoxy) is 1. The van der Waals surface area contributed by atoms with Crippen molar-refractivity contribution < 1.29 is 17.9 Å². The molecule has 1 atom stereocenters. The second-order valence-corrected chi connectivity index (χ2v) is 8.12. The Balaban J connectivity index is 1.75. The summed E-state index contributed by atoms with van der Waals surface area (Å²) in [4.78, 5) is 14.8. The number of hydrogen-bond acceptors (Lipinski definition) is 4. The monoisotopic (exact) mass is 338 g/mol. The maximum atomic E-state index is 12.8. The molecule has 1 aromatic carbocycles. The summed E-state index contributed by atoms with van der Waals surface area (Å²) < 4.78 is 30.5. The van der Waals surface area contributed by atoms with E-state index in [9.17, 15) is 13.2 Å². The van der Waals surface area contributed by atoms with E-state index in [0.717, 1.165) is 32.1 Å². The van der Waals surface area contributed by atoms with E-state index in [1.807, 2.05) is 4.90 Å². The predicted octanol–water partition coefficient (Wildman–Crippen LogP) is 1.70. The number of rotatable bonds is 6. The number of nitrogens with zero attached hydrogens (tertiary/aromatic N) is 1. The fourth-order valence-electron chi connectivity index (χ4n) is 2.89. The molecule has 1 N–H and O–H groups in total. The molecular weight excluding hydrogens is 316 g/mol. The van der Waals surface area contributed by atoms with Gasteiger partial charge in [0.25, 0.3) is 5.91 Å². The first-order valence-electron chi connectivity index (χ1n) is 7.89. The van der Waals surface area contributed by atoms with E-state index < -0.39 is 10.0 Å². The number of sulfonamides is 1. The third kappa shape index (κ3) is 4.45. The Labute approximate surface area is 136 Å². The van der Waals surface area contributed by atoms with Gasteiger partial charge in [-0.25, -0.2) is 8.42 Å². The van der Waals surface area contributed by atoms with E-state index in [4.69, 9.17) is 4.74 Å². The van der Waals surface area contributed by atoms with Crippen LogP contribution in [0, 0.1) is 5.92 Å². The van der Waals surface area contributed by atoms with Crippen molar-refractivity contribution in [3.63, 3.8) is 0 Å². The van der Waals surface area contributed by atoms with Gasteiger partial charge in [0.05, 0.1) is 12.9 Å². The Kier molecular flexibility index (Phi) is 4.59. The van der Waals surface area contributed by atoms with Crippen molar-refractivity contribution in [1.82, 2.24) is 4.90 Å². The van der Waals surface area contributed by atoms with Crippen LogP contribution in [0.4, 0.5) is 5.69 Å². The van der Waals surface area contributed by atoms with Gasteiger partial charge in [-0.05, 0) is 37.5 Å². The first-order chi connectivity index (χ1) is 10.9. The molecule has 126 valence electrons. The largest absolute Gasteiger partial charge is 0.381 e. The van der Waals surface area contributed by atoms with E-state index in [1.165, 1.54) is 0 Å². The minimum atomic E-state index is -3.35. The minimum absolute atomic E-state index is 0.0310. The minimum Gasteiger partial charge on any atom is -0.381 e. The van der Waals surface area contributed by atoms with Gasteiger partial charge in [-0.3, -0.25) is 9.52 Å². The highest BCUT2D eigenvalue weighted by molar-refractivity contribution is 7.92. The van der Waals surface area contributed by atoms with Crippen molar-refractivity contribution >= 4 is 21.6 Å². The van der Waals surface area contributed by atoms with Crippen molar-refractivity contribution in [1.29, 1.82) is 0 Å². The molecule has 1 aromatic rings. The summed E-state index contributed by atoms with van der Waals surface area (Å²) in [5.74, 6) is 0.369. The lowest BCUT2D eigenvalue weighted by Gasteiger charge is -2.25. The molecule has 0 aromatic heterocycles. The highest BCUT2D eigenvalue weighted by Gasteiger charge is 2.35. The third-order valence-corrected chi connectivity index (χ3v) is 4.75. The summed E-state index contributed by atoms with van der Waals surface area (Å²) in [5, 5.41) is 0. The van der Waals surface area contributed by atoms with Gasteiger partial charge in [0.2, 0.25) is 10.0 Å².